The lowest BCUT2D eigenvalue weighted by molar-refractivity contribution is -0.127. The summed E-state index contributed by atoms with van der Waals surface area (Å²) < 4.78 is 0. The Bertz CT molecular complexity index is 992. The number of ketones is 1. The zero-order chi connectivity index (χ0) is 52.7. The van der Waals surface area contributed by atoms with E-state index in [-0.39, 0.29) is 0 Å². The summed E-state index contributed by atoms with van der Waals surface area (Å²) in [5.74, 6) is 1.36. The molecule has 0 radical (unpaired) electrons. The van der Waals surface area contributed by atoms with Crippen molar-refractivity contribution in [3.05, 3.63) is 24.5 Å². The highest BCUT2D eigenvalue weighted by molar-refractivity contribution is 5.83. The van der Waals surface area contributed by atoms with Gasteiger partial charge in [0.05, 0.1) is 0 Å². The molecule has 2 nitrogen and oxygen atoms in total. The average Bonchev–Trinajstić information content (AvgIpc) is 4.01. The van der Waals surface area contributed by atoms with E-state index >= 15 is 0 Å². The molecule has 0 amide bonds. The van der Waals surface area contributed by atoms with Crippen LogP contribution in [0.1, 0.15) is 413 Å². The molecule has 0 saturated carbocycles. The summed E-state index contributed by atoms with van der Waals surface area (Å²) in [7, 11) is 0. The van der Waals surface area contributed by atoms with Gasteiger partial charge in [0.1, 0.15) is 5.78 Å². The maximum Gasteiger partial charge on any atom is 0.139 e. The van der Waals surface area contributed by atoms with Crippen molar-refractivity contribution in [2.24, 2.45) is 11.8 Å². The number of carbonyl (C=O) groups excluding carboxylic acids is 1. The zero-order valence-corrected chi connectivity index (χ0v) is 51.3. The van der Waals surface area contributed by atoms with Crippen LogP contribution in [0.4, 0.5) is 0 Å². The molecule has 0 aliphatic rings. The summed E-state index contributed by atoms with van der Waals surface area (Å²) in [5.41, 5.74) is 0. The lowest BCUT2D eigenvalue weighted by Gasteiger charge is -2.23. The number of carbonyl (C=O) groups is 1. The van der Waals surface area contributed by atoms with E-state index in [4.69, 9.17) is 0 Å². The van der Waals surface area contributed by atoms with Crippen molar-refractivity contribution in [1.29, 1.82) is 0 Å². The highest BCUT2D eigenvalue weighted by Crippen LogP contribution is 2.28. The average molecular weight is 1020 g/mol. The number of aromatic nitrogens is 1. The second-order valence-corrected chi connectivity index (χ2v) is 24.2. The Hall–Kier alpha value is -1.05. The molecule has 0 bridgehead atoms. The molecule has 0 aliphatic heterocycles. The van der Waals surface area contributed by atoms with Gasteiger partial charge in [-0.2, -0.15) is 0 Å². The van der Waals surface area contributed by atoms with Crippen LogP contribution in [0.3, 0.4) is 0 Å². The third-order valence-electron chi connectivity index (χ3n) is 16.9. The van der Waals surface area contributed by atoms with Gasteiger partial charge in [0, 0.05) is 24.2 Å². The number of H-pyrrole nitrogens is 1. The minimum atomic E-state index is 0.343. The standard InChI is InChI=1S/C67H134O.C4H5N/c1-5-9-13-15-17-19-21-23-25-27-29-31-33-35-37-39-41-43-45-47-49-51-53-55-57-59-63-65(61-11-7-3)67(68)66(62-12-8-4)64-60-58-56-54-52-50-48-46-44-42-40-38-36-34-32-30-28-26-24-22-20-18-16-14-10-6-2;1-2-4-5-3-1/h65-66H,5-64H2,1-4H3;1-5H. The normalized spacial score (nSPS) is 12.3. The third kappa shape index (κ3) is 58.5. The molecular weight excluding hydrogens is 883 g/mol. The Kier molecular flexibility index (Phi) is 64.3. The van der Waals surface area contributed by atoms with Gasteiger partial charge in [-0.1, -0.05) is 387 Å². The summed E-state index contributed by atoms with van der Waals surface area (Å²) in [5, 5.41) is 0. The Balaban J connectivity index is 0.00000970. The van der Waals surface area contributed by atoms with E-state index < -0.39 is 0 Å². The van der Waals surface area contributed by atoms with Crippen LogP contribution >= 0.6 is 0 Å². The van der Waals surface area contributed by atoms with E-state index in [1.807, 2.05) is 24.5 Å². The minimum Gasteiger partial charge on any atom is -0.368 e. The van der Waals surface area contributed by atoms with Crippen LogP contribution in [-0.4, -0.2) is 10.8 Å². The summed E-state index contributed by atoms with van der Waals surface area (Å²) in [6.45, 7) is 9.23. The molecule has 1 aromatic heterocycles. The Morgan fingerprint density at radius 3 is 0.534 bits per heavy atom. The number of hydrogen-bond acceptors (Lipinski definition) is 1. The molecule has 2 unspecified atom stereocenters. The van der Waals surface area contributed by atoms with Crippen molar-refractivity contribution in [3.63, 3.8) is 0 Å². The van der Waals surface area contributed by atoms with E-state index in [2.05, 4.69) is 32.7 Å². The van der Waals surface area contributed by atoms with E-state index in [0.717, 1.165) is 12.8 Å². The number of unbranched alkanes of at least 4 members (excludes halogenated alkanes) is 52. The van der Waals surface area contributed by atoms with Crippen molar-refractivity contribution in [3.8, 4) is 0 Å². The van der Waals surface area contributed by atoms with Crippen molar-refractivity contribution < 1.29 is 4.79 Å². The minimum absolute atomic E-state index is 0.343. The quantitative estimate of drug-likeness (QED) is 0.0648. The van der Waals surface area contributed by atoms with E-state index in [1.165, 1.54) is 372 Å². The van der Waals surface area contributed by atoms with Crippen molar-refractivity contribution in [2.75, 3.05) is 0 Å². The molecule has 0 aliphatic carbocycles. The van der Waals surface area contributed by atoms with Crippen molar-refractivity contribution >= 4 is 5.78 Å². The molecule has 1 heterocycles. The first-order valence-electron chi connectivity index (χ1n) is 34.8. The lowest BCUT2D eigenvalue weighted by Crippen LogP contribution is -2.24. The molecular formula is C71H139NO. The molecule has 1 N–H and O–H groups in total. The van der Waals surface area contributed by atoms with Crippen LogP contribution in [0.5, 0.6) is 0 Å². The van der Waals surface area contributed by atoms with Crippen molar-refractivity contribution in [1.82, 2.24) is 4.98 Å². The summed E-state index contributed by atoms with van der Waals surface area (Å²) in [4.78, 5) is 16.9. The van der Waals surface area contributed by atoms with Gasteiger partial charge in [-0.3, -0.25) is 4.79 Å². The fourth-order valence-electron chi connectivity index (χ4n) is 11.8. The number of aromatic amines is 1. The van der Waals surface area contributed by atoms with Crippen LogP contribution in [0, 0.1) is 11.8 Å². The second-order valence-electron chi connectivity index (χ2n) is 24.2. The molecule has 0 aromatic carbocycles. The number of Topliss-reactive ketones (excluding diaryl/α,β-unsaturated/α-hetero) is 1. The highest BCUT2D eigenvalue weighted by Gasteiger charge is 2.25. The molecule has 0 spiro atoms. The van der Waals surface area contributed by atoms with Gasteiger partial charge < -0.3 is 4.98 Å². The SMILES string of the molecule is CCCCCCCCCCCCCCCCCCCCCCCCCCCCC(CCCC)C(=O)C(CCCC)CCCCCCCCCCCCCCCCCCCCCCCCCCCC.c1cc[nH]c1. The van der Waals surface area contributed by atoms with Gasteiger partial charge in [-0.05, 0) is 37.8 Å². The van der Waals surface area contributed by atoms with Gasteiger partial charge in [0.15, 0.2) is 0 Å². The van der Waals surface area contributed by atoms with Crippen LogP contribution in [0.25, 0.3) is 0 Å². The second kappa shape index (κ2) is 65.2. The Morgan fingerprint density at radius 2 is 0.384 bits per heavy atom. The van der Waals surface area contributed by atoms with Gasteiger partial charge in [-0.15, -0.1) is 0 Å². The van der Waals surface area contributed by atoms with Crippen LogP contribution < -0.4 is 0 Å². The third-order valence-corrected chi connectivity index (χ3v) is 16.9. The van der Waals surface area contributed by atoms with E-state index in [1.54, 1.807) is 0 Å². The fourth-order valence-corrected chi connectivity index (χ4v) is 11.8. The Labute approximate surface area is 462 Å². The first-order valence-corrected chi connectivity index (χ1v) is 34.8. The Morgan fingerprint density at radius 1 is 0.233 bits per heavy atom. The predicted octanol–water partition coefficient (Wildman–Crippen LogP) is 26.3. The van der Waals surface area contributed by atoms with Crippen LogP contribution in [0.2, 0.25) is 0 Å². The fraction of sp³-hybridized carbons (Fsp3) is 0.930. The van der Waals surface area contributed by atoms with E-state index in [9.17, 15) is 4.79 Å². The lowest BCUT2D eigenvalue weighted by atomic mass is 9.81. The number of nitrogens with one attached hydrogen (secondary N) is 1. The van der Waals surface area contributed by atoms with Crippen LogP contribution in [0.15, 0.2) is 24.5 Å². The maximum absolute atomic E-state index is 14.0. The van der Waals surface area contributed by atoms with Gasteiger partial charge >= 0.3 is 0 Å². The van der Waals surface area contributed by atoms with Gasteiger partial charge in [-0.25, -0.2) is 0 Å². The molecule has 1 rings (SSSR count). The molecule has 2 atom stereocenters. The molecule has 0 fully saturated rings. The van der Waals surface area contributed by atoms with Gasteiger partial charge in [0.25, 0.3) is 0 Å². The zero-order valence-electron chi connectivity index (χ0n) is 51.3. The summed E-state index contributed by atoms with van der Waals surface area (Å²) in [6.07, 6.45) is 88.5. The number of hydrogen-bond donors (Lipinski definition) is 1. The van der Waals surface area contributed by atoms with Crippen LogP contribution in [-0.2, 0) is 4.79 Å². The largest absolute Gasteiger partial charge is 0.368 e. The highest BCUT2D eigenvalue weighted by atomic mass is 16.1. The monoisotopic (exact) mass is 1020 g/mol. The maximum atomic E-state index is 14.0. The number of rotatable bonds is 62. The molecule has 2 heteroatoms. The van der Waals surface area contributed by atoms with Gasteiger partial charge in [0.2, 0.25) is 0 Å². The topological polar surface area (TPSA) is 32.9 Å². The molecule has 73 heavy (non-hydrogen) atoms. The molecule has 434 valence electrons. The molecule has 1 aromatic rings. The first kappa shape index (κ1) is 72.0. The summed E-state index contributed by atoms with van der Waals surface area (Å²) in [6, 6.07) is 3.89. The van der Waals surface area contributed by atoms with Crippen molar-refractivity contribution in [2.45, 2.75) is 413 Å². The van der Waals surface area contributed by atoms with E-state index in [0.29, 0.717) is 17.6 Å². The smallest absolute Gasteiger partial charge is 0.139 e. The summed E-state index contributed by atoms with van der Waals surface area (Å²) >= 11 is 0. The first-order chi connectivity index (χ1) is 36.2. The molecule has 0 saturated heterocycles. The predicted molar refractivity (Wildman–Crippen MR) is 332 cm³/mol.